The highest BCUT2D eigenvalue weighted by Gasteiger charge is 1.99. The minimum absolute atomic E-state index is 0.803. The third-order valence-electron chi connectivity index (χ3n) is 2.15. The molecule has 0 saturated carbocycles. The summed E-state index contributed by atoms with van der Waals surface area (Å²) in [6, 6.07) is 8.15. The SMILES string of the molecule is CCCNc1ccc(-c2nnc[nH]2)cc1. The molecule has 0 atom stereocenters. The number of benzene rings is 1. The Morgan fingerprint density at radius 2 is 2.07 bits per heavy atom. The van der Waals surface area contributed by atoms with Crippen molar-refractivity contribution in [3.63, 3.8) is 0 Å². The van der Waals surface area contributed by atoms with Crippen molar-refractivity contribution in [3.05, 3.63) is 30.6 Å². The summed E-state index contributed by atoms with van der Waals surface area (Å²) in [6.45, 7) is 3.15. The van der Waals surface area contributed by atoms with Crippen molar-refractivity contribution in [1.29, 1.82) is 0 Å². The van der Waals surface area contributed by atoms with Crippen molar-refractivity contribution < 1.29 is 0 Å². The maximum absolute atomic E-state index is 3.95. The zero-order valence-electron chi connectivity index (χ0n) is 8.70. The zero-order chi connectivity index (χ0) is 10.5. The first kappa shape index (κ1) is 9.71. The van der Waals surface area contributed by atoms with Crippen molar-refractivity contribution in [2.75, 3.05) is 11.9 Å². The summed E-state index contributed by atoms with van der Waals surface area (Å²) < 4.78 is 0. The molecule has 0 bridgehead atoms. The number of aromatic nitrogens is 3. The molecule has 1 aromatic carbocycles. The average molecular weight is 202 g/mol. The lowest BCUT2D eigenvalue weighted by Gasteiger charge is -2.04. The van der Waals surface area contributed by atoms with Gasteiger partial charge in [-0.3, -0.25) is 0 Å². The number of aromatic amines is 1. The Bertz CT molecular complexity index is 391. The van der Waals surface area contributed by atoms with E-state index in [-0.39, 0.29) is 0 Å². The van der Waals surface area contributed by atoms with Crippen molar-refractivity contribution in [2.24, 2.45) is 0 Å². The van der Waals surface area contributed by atoms with Gasteiger partial charge in [0.1, 0.15) is 6.33 Å². The second-order valence-electron chi connectivity index (χ2n) is 3.34. The van der Waals surface area contributed by atoms with Crippen molar-refractivity contribution in [2.45, 2.75) is 13.3 Å². The average Bonchev–Trinajstić information content (AvgIpc) is 2.80. The van der Waals surface area contributed by atoms with Crippen LogP contribution in [0.4, 0.5) is 5.69 Å². The van der Waals surface area contributed by atoms with Gasteiger partial charge in [-0.25, -0.2) is 0 Å². The van der Waals surface area contributed by atoms with Crippen LogP contribution in [0.2, 0.25) is 0 Å². The van der Waals surface area contributed by atoms with Crippen molar-refractivity contribution in [1.82, 2.24) is 15.2 Å². The Labute approximate surface area is 88.8 Å². The van der Waals surface area contributed by atoms with Gasteiger partial charge in [0, 0.05) is 17.8 Å². The van der Waals surface area contributed by atoms with Crippen LogP contribution in [-0.4, -0.2) is 21.7 Å². The molecule has 0 spiro atoms. The van der Waals surface area contributed by atoms with Gasteiger partial charge in [0.25, 0.3) is 0 Å². The van der Waals surface area contributed by atoms with Crippen LogP contribution in [0.3, 0.4) is 0 Å². The highest BCUT2D eigenvalue weighted by Crippen LogP contribution is 2.16. The van der Waals surface area contributed by atoms with Crippen LogP contribution in [-0.2, 0) is 0 Å². The van der Waals surface area contributed by atoms with E-state index in [0.29, 0.717) is 0 Å². The molecule has 0 aliphatic carbocycles. The number of hydrogen-bond donors (Lipinski definition) is 2. The van der Waals surface area contributed by atoms with Crippen molar-refractivity contribution >= 4 is 5.69 Å². The van der Waals surface area contributed by atoms with Gasteiger partial charge in [-0.15, -0.1) is 10.2 Å². The zero-order valence-corrected chi connectivity index (χ0v) is 8.70. The third kappa shape index (κ3) is 2.34. The molecule has 15 heavy (non-hydrogen) atoms. The Kier molecular flexibility index (Phi) is 2.97. The number of H-pyrrole nitrogens is 1. The van der Waals surface area contributed by atoms with Crippen LogP contribution in [0.5, 0.6) is 0 Å². The lowest BCUT2D eigenvalue weighted by molar-refractivity contribution is 0.980. The summed E-state index contributed by atoms with van der Waals surface area (Å²) in [4.78, 5) is 2.97. The monoisotopic (exact) mass is 202 g/mol. The lowest BCUT2D eigenvalue weighted by Crippen LogP contribution is -1.98. The summed E-state index contributed by atoms with van der Waals surface area (Å²) in [7, 11) is 0. The number of nitrogens with zero attached hydrogens (tertiary/aromatic N) is 2. The van der Waals surface area contributed by atoms with E-state index in [1.807, 2.05) is 24.3 Å². The van der Waals surface area contributed by atoms with Crippen LogP contribution < -0.4 is 5.32 Å². The van der Waals surface area contributed by atoms with Crippen LogP contribution in [0.25, 0.3) is 11.4 Å². The van der Waals surface area contributed by atoms with Gasteiger partial charge in [0.15, 0.2) is 5.82 Å². The number of anilines is 1. The molecule has 0 radical (unpaired) electrons. The molecule has 0 saturated heterocycles. The summed E-state index contributed by atoms with van der Waals surface area (Å²) in [5.74, 6) is 0.803. The predicted molar refractivity (Wildman–Crippen MR) is 60.6 cm³/mol. The van der Waals surface area contributed by atoms with E-state index in [9.17, 15) is 0 Å². The molecule has 2 rings (SSSR count). The summed E-state index contributed by atoms with van der Waals surface area (Å²) >= 11 is 0. The van der Waals surface area contributed by atoms with E-state index >= 15 is 0 Å². The highest BCUT2D eigenvalue weighted by molar-refractivity contribution is 5.59. The lowest BCUT2D eigenvalue weighted by atomic mass is 10.2. The van der Waals surface area contributed by atoms with Gasteiger partial charge in [0.05, 0.1) is 0 Å². The molecule has 0 aliphatic heterocycles. The molecule has 4 heteroatoms. The Balaban J connectivity index is 2.11. The Morgan fingerprint density at radius 3 is 2.67 bits per heavy atom. The van der Waals surface area contributed by atoms with Gasteiger partial charge >= 0.3 is 0 Å². The maximum Gasteiger partial charge on any atom is 0.161 e. The maximum atomic E-state index is 3.95. The molecule has 4 nitrogen and oxygen atoms in total. The molecule has 0 fully saturated rings. The van der Waals surface area contributed by atoms with E-state index in [1.165, 1.54) is 0 Å². The number of hydrogen-bond acceptors (Lipinski definition) is 3. The fourth-order valence-corrected chi connectivity index (χ4v) is 1.36. The van der Waals surface area contributed by atoms with Crippen LogP contribution in [0.15, 0.2) is 30.6 Å². The highest BCUT2D eigenvalue weighted by atomic mass is 15.2. The minimum Gasteiger partial charge on any atom is -0.385 e. The number of nitrogens with one attached hydrogen (secondary N) is 2. The molecule has 2 N–H and O–H groups in total. The van der Waals surface area contributed by atoms with E-state index in [1.54, 1.807) is 6.33 Å². The Hall–Kier alpha value is -1.84. The summed E-state index contributed by atoms with van der Waals surface area (Å²) in [5, 5.41) is 11.0. The normalized spacial score (nSPS) is 10.2. The van der Waals surface area contributed by atoms with Gasteiger partial charge in [-0.05, 0) is 30.7 Å². The van der Waals surface area contributed by atoms with E-state index in [2.05, 4.69) is 27.4 Å². The van der Waals surface area contributed by atoms with Crippen LogP contribution >= 0.6 is 0 Å². The van der Waals surface area contributed by atoms with E-state index in [4.69, 9.17) is 0 Å². The standard InChI is InChI=1S/C11H14N4/c1-2-7-12-10-5-3-9(4-6-10)11-13-8-14-15-11/h3-6,8,12H,2,7H2,1H3,(H,13,14,15). The molecule has 78 valence electrons. The molecule has 1 aromatic heterocycles. The molecular formula is C11H14N4. The molecule has 1 heterocycles. The topological polar surface area (TPSA) is 53.6 Å². The molecule has 0 amide bonds. The van der Waals surface area contributed by atoms with Crippen LogP contribution in [0, 0.1) is 0 Å². The third-order valence-corrected chi connectivity index (χ3v) is 2.15. The van der Waals surface area contributed by atoms with Gasteiger partial charge in [-0.2, -0.15) is 0 Å². The molecule has 0 aliphatic rings. The second-order valence-corrected chi connectivity index (χ2v) is 3.34. The van der Waals surface area contributed by atoms with Gasteiger partial charge in [-0.1, -0.05) is 6.92 Å². The van der Waals surface area contributed by atoms with E-state index in [0.717, 1.165) is 30.0 Å². The molecule has 2 aromatic rings. The Morgan fingerprint density at radius 1 is 1.27 bits per heavy atom. The van der Waals surface area contributed by atoms with E-state index < -0.39 is 0 Å². The van der Waals surface area contributed by atoms with Crippen molar-refractivity contribution in [3.8, 4) is 11.4 Å². The fraction of sp³-hybridized carbons (Fsp3) is 0.273. The minimum atomic E-state index is 0.803. The fourth-order valence-electron chi connectivity index (χ4n) is 1.36. The largest absolute Gasteiger partial charge is 0.385 e. The summed E-state index contributed by atoms with van der Waals surface area (Å²) in [6.07, 6.45) is 2.71. The van der Waals surface area contributed by atoms with Gasteiger partial charge < -0.3 is 10.3 Å². The van der Waals surface area contributed by atoms with Crippen LogP contribution in [0.1, 0.15) is 13.3 Å². The first-order chi connectivity index (χ1) is 7.40. The first-order valence-electron chi connectivity index (χ1n) is 5.10. The predicted octanol–water partition coefficient (Wildman–Crippen LogP) is 2.29. The molecular weight excluding hydrogens is 188 g/mol. The first-order valence-corrected chi connectivity index (χ1v) is 5.10. The second kappa shape index (κ2) is 4.59. The summed E-state index contributed by atoms with van der Waals surface area (Å²) in [5.41, 5.74) is 2.19. The smallest absolute Gasteiger partial charge is 0.161 e. The van der Waals surface area contributed by atoms with Gasteiger partial charge in [0.2, 0.25) is 0 Å². The molecule has 0 unspecified atom stereocenters. The quantitative estimate of drug-likeness (QED) is 0.799. The number of rotatable bonds is 4.